The summed E-state index contributed by atoms with van der Waals surface area (Å²) in [7, 11) is 0. The first kappa shape index (κ1) is 33.3. The molecule has 0 aliphatic heterocycles. The molecule has 1 nitrogen and oxygen atoms in total. The van der Waals surface area contributed by atoms with Gasteiger partial charge in [0.25, 0.3) is 0 Å². The molecule has 0 radical (unpaired) electrons. The summed E-state index contributed by atoms with van der Waals surface area (Å²) in [5, 5.41) is 0. The molecule has 0 atom stereocenters. The van der Waals surface area contributed by atoms with Crippen LogP contribution in [-0.2, 0) is 13.5 Å². The van der Waals surface area contributed by atoms with Gasteiger partial charge in [0, 0.05) is 0 Å². The molecule has 0 spiro atoms. The van der Waals surface area contributed by atoms with Gasteiger partial charge in [0.2, 0.25) is 0 Å². The fourth-order valence-corrected chi connectivity index (χ4v) is 0. The second-order valence-electron chi connectivity index (χ2n) is 0. The minimum atomic E-state index is 0. The fourth-order valence-electron chi connectivity index (χ4n) is 0. The van der Waals surface area contributed by atoms with Crippen molar-refractivity contribution in [3.8, 4) is 0 Å². The Morgan fingerprint density at radius 3 is 0.750 bits per heavy atom. The predicted molar refractivity (Wildman–Crippen MR) is 12.4 cm³/mol. The monoisotopic (exact) mass is 97.0 g/mol. The van der Waals surface area contributed by atoms with E-state index in [9.17, 15) is 0 Å². The molecule has 4 heteroatoms. The third-order valence-electron chi connectivity index (χ3n) is 0. The third-order valence-corrected chi connectivity index (χ3v) is 0. The minimum Gasteiger partial charge on any atom is -0.813 e. The zero-order valence-electron chi connectivity index (χ0n) is 2.95. The molecule has 0 aliphatic carbocycles. The molecular formula is H3Na2OS+. The number of rotatable bonds is 0. The van der Waals surface area contributed by atoms with Gasteiger partial charge in [-0.15, -0.1) is 0 Å². The Hall–Kier alpha value is 2.31. The molecule has 0 aromatic heterocycles. The minimum absolute atomic E-state index is 0. The van der Waals surface area contributed by atoms with Gasteiger partial charge in [-0.25, -0.2) is 0 Å². The normalized spacial score (nSPS) is 0. The first-order valence-corrected chi connectivity index (χ1v) is 0. The zero-order valence-corrected chi connectivity index (χ0v) is 7.84. The van der Waals surface area contributed by atoms with E-state index in [4.69, 9.17) is 0 Å². The van der Waals surface area contributed by atoms with Gasteiger partial charge in [0.05, 0.1) is 0 Å². The summed E-state index contributed by atoms with van der Waals surface area (Å²) in [6.45, 7) is 0. The SMILES string of the molecule is O.[Na+].[Na+].[SH-]. The van der Waals surface area contributed by atoms with Crippen LogP contribution in [0.1, 0.15) is 0 Å². The van der Waals surface area contributed by atoms with Crippen LogP contribution in [0.2, 0.25) is 0 Å². The van der Waals surface area contributed by atoms with Gasteiger partial charge in [-0.05, 0) is 0 Å². The standard InChI is InChI=1S/2Na.H2O.H2S/h;;2*1H2/q2*+1;;/p-1. The molecule has 0 saturated carbocycles. The molecule has 4 heavy (non-hydrogen) atoms. The Morgan fingerprint density at radius 2 is 0.750 bits per heavy atom. The van der Waals surface area contributed by atoms with E-state index in [-0.39, 0.29) is 78.1 Å². The summed E-state index contributed by atoms with van der Waals surface area (Å²) in [5.74, 6) is 0. The van der Waals surface area contributed by atoms with E-state index >= 15 is 0 Å². The number of hydrogen-bond acceptors (Lipinski definition) is 1. The van der Waals surface area contributed by atoms with Crippen molar-refractivity contribution in [1.29, 1.82) is 0 Å². The van der Waals surface area contributed by atoms with E-state index in [2.05, 4.69) is 0 Å². The van der Waals surface area contributed by atoms with Crippen LogP contribution in [0.15, 0.2) is 0 Å². The quantitative estimate of drug-likeness (QED) is 0.168. The van der Waals surface area contributed by atoms with Crippen molar-refractivity contribution in [2.24, 2.45) is 0 Å². The molecule has 0 amide bonds. The Morgan fingerprint density at radius 1 is 0.750 bits per heavy atom. The average molecular weight is 97.1 g/mol. The van der Waals surface area contributed by atoms with Crippen LogP contribution in [-0.4, -0.2) is 5.48 Å². The van der Waals surface area contributed by atoms with Crippen molar-refractivity contribution < 1.29 is 64.6 Å². The van der Waals surface area contributed by atoms with Gasteiger partial charge in [-0.3, -0.25) is 0 Å². The van der Waals surface area contributed by atoms with Crippen LogP contribution >= 0.6 is 0 Å². The number of hydrogen-bond donors (Lipinski definition) is 0. The van der Waals surface area contributed by atoms with E-state index in [0.717, 1.165) is 0 Å². The van der Waals surface area contributed by atoms with Crippen LogP contribution in [0, 0.1) is 0 Å². The van der Waals surface area contributed by atoms with Crippen molar-refractivity contribution in [2.45, 2.75) is 0 Å². The van der Waals surface area contributed by atoms with Gasteiger partial charge < -0.3 is 19.0 Å². The Bertz CT molecular complexity index is 6.00. The average Bonchev–Trinajstić information content (AvgIpc) is 0. The molecule has 0 aliphatic rings. The van der Waals surface area contributed by atoms with Gasteiger partial charge in [-0.1, -0.05) is 0 Å². The second-order valence-corrected chi connectivity index (χ2v) is 0. The zero-order chi connectivity index (χ0) is 0. The van der Waals surface area contributed by atoms with Crippen molar-refractivity contribution >= 4 is 13.5 Å². The summed E-state index contributed by atoms with van der Waals surface area (Å²) in [4.78, 5) is 0. The molecule has 0 fully saturated rings. The van der Waals surface area contributed by atoms with Gasteiger partial charge in [0.1, 0.15) is 0 Å². The molecule has 0 aromatic carbocycles. The molecule has 0 aromatic rings. The summed E-state index contributed by atoms with van der Waals surface area (Å²) >= 11 is 0. The summed E-state index contributed by atoms with van der Waals surface area (Å²) in [5.41, 5.74) is 0. The maximum Gasteiger partial charge on any atom is 1.00 e. The molecule has 0 unspecified atom stereocenters. The summed E-state index contributed by atoms with van der Waals surface area (Å²) in [6, 6.07) is 0. The fraction of sp³-hybridized carbons (Fsp3) is 0. The van der Waals surface area contributed by atoms with E-state index < -0.39 is 0 Å². The molecule has 0 rings (SSSR count). The second kappa shape index (κ2) is 18.5. The summed E-state index contributed by atoms with van der Waals surface area (Å²) in [6.07, 6.45) is 0. The van der Waals surface area contributed by atoms with Gasteiger partial charge in [-0.2, -0.15) is 0 Å². The number of thiol groups is 1. The maximum atomic E-state index is 0. The Kier molecular flexibility index (Phi) is 154. The molecule has 0 bridgehead atoms. The van der Waals surface area contributed by atoms with E-state index in [1.807, 2.05) is 0 Å². The molecular weight excluding hydrogens is 94.0 g/mol. The van der Waals surface area contributed by atoms with Crippen LogP contribution in [0.5, 0.6) is 0 Å². The van der Waals surface area contributed by atoms with Crippen LogP contribution in [0.25, 0.3) is 0 Å². The molecule has 16 valence electrons. The predicted octanol–water partition coefficient (Wildman–Crippen LogP) is -7.09. The van der Waals surface area contributed by atoms with Gasteiger partial charge >= 0.3 is 59.1 Å². The first-order valence-electron chi connectivity index (χ1n) is 0. The molecule has 0 heterocycles. The van der Waals surface area contributed by atoms with E-state index in [1.165, 1.54) is 0 Å². The first-order chi connectivity index (χ1) is 0. The molecule has 2 N–H and O–H groups in total. The summed E-state index contributed by atoms with van der Waals surface area (Å²) < 4.78 is 0. The van der Waals surface area contributed by atoms with Crippen LogP contribution < -0.4 is 59.1 Å². The largest absolute Gasteiger partial charge is 1.00 e. The van der Waals surface area contributed by atoms with Gasteiger partial charge in [0.15, 0.2) is 0 Å². The Labute approximate surface area is 76.9 Å². The van der Waals surface area contributed by atoms with Crippen molar-refractivity contribution in [3.05, 3.63) is 0 Å². The van der Waals surface area contributed by atoms with Crippen molar-refractivity contribution in [1.82, 2.24) is 0 Å². The van der Waals surface area contributed by atoms with Crippen LogP contribution in [0.3, 0.4) is 0 Å². The maximum absolute atomic E-state index is 0. The topological polar surface area (TPSA) is 31.5 Å². The van der Waals surface area contributed by atoms with E-state index in [1.54, 1.807) is 0 Å². The van der Waals surface area contributed by atoms with Crippen molar-refractivity contribution in [3.63, 3.8) is 0 Å². The van der Waals surface area contributed by atoms with Crippen LogP contribution in [0.4, 0.5) is 0 Å². The van der Waals surface area contributed by atoms with E-state index in [0.29, 0.717) is 0 Å². The third kappa shape index (κ3) is 8.85. The smallest absolute Gasteiger partial charge is 0.813 e. The van der Waals surface area contributed by atoms with Crippen molar-refractivity contribution in [2.75, 3.05) is 0 Å². The molecule has 0 saturated heterocycles. The Balaban J connectivity index is 0.